The smallest absolute Gasteiger partial charge is 0.417 e. The zero-order valence-corrected chi connectivity index (χ0v) is 14.0. The molecule has 0 fully saturated rings. The van der Waals surface area contributed by atoms with E-state index in [1.165, 1.54) is 36.4 Å². The monoisotopic (exact) mass is 384 g/mol. The third-order valence-corrected chi connectivity index (χ3v) is 3.60. The molecule has 0 spiro atoms. The molecule has 1 amide bonds. The summed E-state index contributed by atoms with van der Waals surface area (Å²) in [5, 5.41) is 8.75. The van der Waals surface area contributed by atoms with Gasteiger partial charge in [-0.3, -0.25) is 4.79 Å². The highest BCUT2D eigenvalue weighted by Crippen LogP contribution is 2.35. The van der Waals surface area contributed by atoms with Crippen LogP contribution >= 0.6 is 0 Å². The zero-order valence-electron chi connectivity index (χ0n) is 13.2. The van der Waals surface area contributed by atoms with Crippen LogP contribution in [0.15, 0.2) is 42.5 Å². The quantitative estimate of drug-likeness (QED) is 0.874. The highest BCUT2D eigenvalue weighted by atomic mass is 32.2. The summed E-state index contributed by atoms with van der Waals surface area (Å²) >= 11 is 0. The molecule has 0 aliphatic rings. The van der Waals surface area contributed by atoms with Crippen LogP contribution in [0.3, 0.4) is 0 Å². The summed E-state index contributed by atoms with van der Waals surface area (Å²) in [5.41, 5.74) is -1.63. The molecule has 26 heavy (non-hydrogen) atoms. The van der Waals surface area contributed by atoms with Gasteiger partial charge in [0, 0.05) is 5.56 Å². The Balaban J connectivity index is 2.22. The van der Waals surface area contributed by atoms with Crippen molar-refractivity contribution >= 4 is 15.9 Å². The van der Waals surface area contributed by atoms with E-state index >= 15 is 0 Å². The van der Waals surface area contributed by atoms with E-state index in [0.717, 1.165) is 12.3 Å². The molecule has 0 aliphatic carbocycles. The lowest BCUT2D eigenvalue weighted by atomic mass is 10.1. The first kappa shape index (κ1) is 19.3. The van der Waals surface area contributed by atoms with Gasteiger partial charge in [0.2, 0.25) is 10.0 Å². The van der Waals surface area contributed by atoms with Crippen molar-refractivity contribution < 1.29 is 31.1 Å². The van der Waals surface area contributed by atoms with Gasteiger partial charge in [-0.15, -0.1) is 0 Å². The number of nitriles is 1. The molecular formula is C16H11F3N2O4S. The minimum Gasteiger partial charge on any atom is -0.457 e. The Bertz CT molecular complexity index is 978. The number of hydrogen-bond acceptors (Lipinski definition) is 5. The third kappa shape index (κ3) is 4.97. The Labute approximate surface area is 146 Å². The summed E-state index contributed by atoms with van der Waals surface area (Å²) in [6, 6.07) is 9.46. The molecule has 0 saturated heterocycles. The van der Waals surface area contributed by atoms with Crippen molar-refractivity contribution in [2.45, 2.75) is 6.18 Å². The number of benzene rings is 2. The van der Waals surface area contributed by atoms with E-state index in [9.17, 15) is 26.4 Å². The van der Waals surface area contributed by atoms with E-state index in [1.54, 1.807) is 4.72 Å². The number of rotatable bonds is 4. The molecule has 136 valence electrons. The fraction of sp³-hybridized carbons (Fsp3) is 0.125. The summed E-state index contributed by atoms with van der Waals surface area (Å²) in [7, 11) is -3.72. The van der Waals surface area contributed by atoms with Crippen LogP contribution in [0.4, 0.5) is 13.2 Å². The molecule has 6 nitrogen and oxygen atoms in total. The molecule has 0 unspecified atom stereocenters. The number of carbonyl (C=O) groups is 1. The van der Waals surface area contributed by atoms with Gasteiger partial charge in [-0.05, 0) is 42.5 Å². The molecule has 0 aliphatic heterocycles. The zero-order chi connectivity index (χ0) is 19.5. The number of ether oxygens (including phenoxy) is 1. The molecule has 2 aromatic carbocycles. The number of nitrogens with zero attached hydrogens (tertiary/aromatic N) is 1. The third-order valence-electron chi connectivity index (χ3n) is 3.05. The van der Waals surface area contributed by atoms with Crippen molar-refractivity contribution in [1.29, 1.82) is 5.26 Å². The predicted molar refractivity (Wildman–Crippen MR) is 85.0 cm³/mol. The van der Waals surface area contributed by atoms with Gasteiger partial charge < -0.3 is 4.74 Å². The number of hydrogen-bond donors (Lipinski definition) is 1. The topological polar surface area (TPSA) is 96.3 Å². The molecule has 1 N–H and O–H groups in total. The molecule has 0 bridgehead atoms. The molecule has 2 rings (SSSR count). The van der Waals surface area contributed by atoms with Gasteiger partial charge in [0.05, 0.1) is 23.5 Å². The number of alkyl halides is 3. The highest BCUT2D eigenvalue weighted by Gasteiger charge is 2.34. The summed E-state index contributed by atoms with van der Waals surface area (Å²) in [4.78, 5) is 11.7. The van der Waals surface area contributed by atoms with Crippen molar-refractivity contribution in [1.82, 2.24) is 4.72 Å². The van der Waals surface area contributed by atoms with Crippen molar-refractivity contribution in [3.8, 4) is 17.6 Å². The Hall–Kier alpha value is -3.06. The fourth-order valence-corrected chi connectivity index (χ4v) is 2.41. The van der Waals surface area contributed by atoms with Gasteiger partial charge in [0.15, 0.2) is 0 Å². The molecule has 0 radical (unpaired) electrons. The van der Waals surface area contributed by atoms with E-state index in [1.807, 2.05) is 0 Å². The molecule has 0 aromatic heterocycles. The summed E-state index contributed by atoms with van der Waals surface area (Å²) in [6.45, 7) is 0. The van der Waals surface area contributed by atoms with Crippen LogP contribution in [0.25, 0.3) is 0 Å². The fourth-order valence-electron chi connectivity index (χ4n) is 1.96. The van der Waals surface area contributed by atoms with Crippen LogP contribution in [0.5, 0.6) is 11.5 Å². The maximum atomic E-state index is 12.9. The molecular weight excluding hydrogens is 373 g/mol. The summed E-state index contributed by atoms with van der Waals surface area (Å²) in [6.07, 6.45) is -3.89. The van der Waals surface area contributed by atoms with Crippen LogP contribution in [0.2, 0.25) is 0 Å². The largest absolute Gasteiger partial charge is 0.457 e. The molecule has 2 aromatic rings. The molecule has 0 atom stereocenters. The van der Waals surface area contributed by atoms with Crippen molar-refractivity contribution in [3.63, 3.8) is 0 Å². The first-order valence-electron chi connectivity index (χ1n) is 6.91. The maximum Gasteiger partial charge on any atom is 0.417 e. The predicted octanol–water partition coefficient (Wildman–Crippen LogP) is 3.06. The van der Waals surface area contributed by atoms with E-state index in [0.29, 0.717) is 6.07 Å². The first-order chi connectivity index (χ1) is 12.0. The van der Waals surface area contributed by atoms with Gasteiger partial charge in [-0.25, -0.2) is 13.1 Å². The van der Waals surface area contributed by atoms with Gasteiger partial charge in [0.25, 0.3) is 5.91 Å². The van der Waals surface area contributed by atoms with Gasteiger partial charge in [-0.2, -0.15) is 18.4 Å². The maximum absolute atomic E-state index is 12.9. The number of nitrogens with one attached hydrogen (secondary N) is 1. The minimum absolute atomic E-state index is 0.0265. The Morgan fingerprint density at radius 3 is 2.19 bits per heavy atom. The van der Waals surface area contributed by atoms with Crippen molar-refractivity contribution in [2.75, 3.05) is 6.26 Å². The van der Waals surface area contributed by atoms with E-state index < -0.39 is 33.2 Å². The Morgan fingerprint density at radius 2 is 1.69 bits per heavy atom. The Morgan fingerprint density at radius 1 is 1.12 bits per heavy atom. The minimum atomic E-state index is -4.71. The van der Waals surface area contributed by atoms with E-state index in [2.05, 4.69) is 0 Å². The standard InChI is InChI=1S/C16H11F3N2O4S/c1-26(23,24)21-15(22)10-2-5-12(6-3-10)25-13-7-4-11(9-20)14(8-13)16(17,18)19/h2-8H,1H3,(H,21,22). The second-order valence-electron chi connectivity index (χ2n) is 5.15. The number of carbonyl (C=O) groups excluding carboxylic acids is 1. The lowest BCUT2D eigenvalue weighted by Crippen LogP contribution is -2.29. The van der Waals surface area contributed by atoms with Crippen LogP contribution in [0, 0.1) is 11.3 Å². The lowest BCUT2D eigenvalue weighted by molar-refractivity contribution is -0.137. The SMILES string of the molecule is CS(=O)(=O)NC(=O)c1ccc(Oc2ccc(C#N)c(C(F)(F)F)c2)cc1. The van der Waals surface area contributed by atoms with Gasteiger partial charge >= 0.3 is 6.18 Å². The van der Waals surface area contributed by atoms with Gasteiger partial charge in [0.1, 0.15) is 11.5 Å². The average molecular weight is 384 g/mol. The molecule has 10 heteroatoms. The number of halogens is 3. The average Bonchev–Trinajstić information content (AvgIpc) is 2.53. The lowest BCUT2D eigenvalue weighted by Gasteiger charge is -2.12. The van der Waals surface area contributed by atoms with Crippen LogP contribution < -0.4 is 9.46 Å². The molecule has 0 heterocycles. The normalized spacial score (nSPS) is 11.5. The summed E-state index contributed by atoms with van der Waals surface area (Å²) in [5.74, 6) is -0.875. The van der Waals surface area contributed by atoms with Crippen LogP contribution in [0.1, 0.15) is 21.5 Å². The van der Waals surface area contributed by atoms with Crippen LogP contribution in [-0.2, 0) is 16.2 Å². The van der Waals surface area contributed by atoms with Gasteiger partial charge in [-0.1, -0.05) is 0 Å². The second-order valence-corrected chi connectivity index (χ2v) is 6.90. The van der Waals surface area contributed by atoms with E-state index in [-0.39, 0.29) is 17.1 Å². The highest BCUT2D eigenvalue weighted by molar-refractivity contribution is 7.89. The number of sulfonamides is 1. The second kappa shape index (κ2) is 7.05. The summed E-state index contributed by atoms with van der Waals surface area (Å²) < 4.78 is 67.9. The Kier molecular flexibility index (Phi) is 5.22. The first-order valence-corrected chi connectivity index (χ1v) is 8.80. The van der Waals surface area contributed by atoms with Crippen molar-refractivity contribution in [2.24, 2.45) is 0 Å². The van der Waals surface area contributed by atoms with Crippen LogP contribution in [-0.4, -0.2) is 20.6 Å². The molecule has 0 saturated carbocycles. The van der Waals surface area contributed by atoms with Crippen molar-refractivity contribution in [3.05, 3.63) is 59.2 Å². The van der Waals surface area contributed by atoms with E-state index in [4.69, 9.17) is 10.00 Å². The number of amides is 1.